The van der Waals surface area contributed by atoms with Gasteiger partial charge in [-0.25, -0.2) is 18.2 Å². The minimum atomic E-state index is -3.00. The van der Waals surface area contributed by atoms with E-state index in [0.717, 1.165) is 6.07 Å². The summed E-state index contributed by atoms with van der Waals surface area (Å²) in [6, 6.07) is 0.749. The van der Waals surface area contributed by atoms with Crippen LogP contribution < -0.4 is 0 Å². The molecular weight excluding hydrogens is 279 g/mol. The fourth-order valence-corrected chi connectivity index (χ4v) is 1.43. The molecule has 82 valence electrons. The molecule has 3 nitrogen and oxygen atoms in total. The Morgan fingerprint density at radius 1 is 1.60 bits per heavy atom. The predicted octanol–water partition coefficient (Wildman–Crippen LogP) is 2.55. The molecule has 0 saturated heterocycles. The van der Waals surface area contributed by atoms with E-state index in [2.05, 4.69) is 20.9 Å². The number of rotatable bonds is 3. The number of carboxylic acid groups (broad SMARTS) is 1. The van der Waals surface area contributed by atoms with Gasteiger partial charge in [0.15, 0.2) is 5.82 Å². The lowest BCUT2D eigenvalue weighted by Crippen LogP contribution is -2.05. The van der Waals surface area contributed by atoms with Crippen LogP contribution >= 0.6 is 15.9 Å². The molecule has 0 unspecified atom stereocenters. The molecule has 0 atom stereocenters. The smallest absolute Gasteiger partial charge is 0.309 e. The highest BCUT2D eigenvalue weighted by molar-refractivity contribution is 9.10. The number of hydrogen-bond acceptors (Lipinski definition) is 2. The van der Waals surface area contributed by atoms with E-state index >= 15 is 0 Å². The Morgan fingerprint density at radius 3 is 2.67 bits per heavy atom. The summed E-state index contributed by atoms with van der Waals surface area (Å²) in [5.41, 5.74) is -0.973. The second-order valence-electron chi connectivity index (χ2n) is 2.68. The molecule has 1 N–H and O–H groups in total. The number of halogens is 4. The van der Waals surface area contributed by atoms with Gasteiger partial charge in [0.25, 0.3) is 6.43 Å². The summed E-state index contributed by atoms with van der Waals surface area (Å²) in [5.74, 6) is -2.39. The van der Waals surface area contributed by atoms with E-state index in [-0.39, 0.29) is 5.69 Å². The first-order valence-corrected chi connectivity index (χ1v) is 4.56. The number of hydrogen-bond donors (Lipinski definition) is 1. The van der Waals surface area contributed by atoms with E-state index < -0.39 is 34.8 Å². The quantitative estimate of drug-likeness (QED) is 0.868. The van der Waals surface area contributed by atoms with Crippen molar-refractivity contribution in [2.24, 2.45) is 0 Å². The van der Waals surface area contributed by atoms with Gasteiger partial charge < -0.3 is 5.11 Å². The Labute approximate surface area is 91.1 Å². The lowest BCUT2D eigenvalue weighted by Gasteiger charge is -2.05. The molecule has 0 fully saturated rings. The van der Waals surface area contributed by atoms with Crippen LogP contribution in [0.3, 0.4) is 0 Å². The summed E-state index contributed by atoms with van der Waals surface area (Å²) in [7, 11) is 0. The standard InChI is InChI=1S/C8H5BrF3NO2/c9-7-6(10)4(8(11)12)1-3(13-7)2-5(14)15/h1,8H,2H2,(H,14,15). The van der Waals surface area contributed by atoms with Gasteiger partial charge in [0, 0.05) is 0 Å². The van der Waals surface area contributed by atoms with Crippen molar-refractivity contribution in [3.8, 4) is 0 Å². The van der Waals surface area contributed by atoms with Crippen molar-refractivity contribution in [2.75, 3.05) is 0 Å². The number of carbonyl (C=O) groups is 1. The van der Waals surface area contributed by atoms with Gasteiger partial charge in [-0.05, 0) is 22.0 Å². The van der Waals surface area contributed by atoms with E-state index in [4.69, 9.17) is 5.11 Å². The minimum absolute atomic E-state index is 0.119. The van der Waals surface area contributed by atoms with Crippen LogP contribution in [0, 0.1) is 5.82 Å². The summed E-state index contributed by atoms with van der Waals surface area (Å²) in [6.07, 6.45) is -3.53. The largest absolute Gasteiger partial charge is 0.481 e. The van der Waals surface area contributed by atoms with Gasteiger partial charge in [0.05, 0.1) is 17.7 Å². The lowest BCUT2D eigenvalue weighted by molar-refractivity contribution is -0.136. The van der Waals surface area contributed by atoms with Crippen LogP contribution in [0.25, 0.3) is 0 Å². The summed E-state index contributed by atoms with van der Waals surface area (Å²) in [5, 5.41) is 8.42. The number of nitrogens with zero attached hydrogens (tertiary/aromatic N) is 1. The third-order valence-electron chi connectivity index (χ3n) is 1.57. The lowest BCUT2D eigenvalue weighted by atomic mass is 10.2. The van der Waals surface area contributed by atoms with E-state index in [1.807, 2.05) is 0 Å². The topological polar surface area (TPSA) is 50.2 Å². The van der Waals surface area contributed by atoms with E-state index in [0.29, 0.717) is 0 Å². The van der Waals surface area contributed by atoms with Crippen LogP contribution in [0.15, 0.2) is 10.7 Å². The third-order valence-corrected chi connectivity index (χ3v) is 2.09. The molecule has 1 aromatic heterocycles. The molecule has 0 bridgehead atoms. The zero-order valence-corrected chi connectivity index (χ0v) is 8.76. The zero-order valence-electron chi connectivity index (χ0n) is 7.18. The van der Waals surface area contributed by atoms with Crippen molar-refractivity contribution < 1.29 is 23.1 Å². The van der Waals surface area contributed by atoms with Crippen LogP contribution in [0.5, 0.6) is 0 Å². The van der Waals surface area contributed by atoms with E-state index in [1.165, 1.54) is 0 Å². The highest BCUT2D eigenvalue weighted by Gasteiger charge is 2.19. The molecule has 0 amide bonds. The maximum atomic E-state index is 13.0. The zero-order chi connectivity index (χ0) is 11.6. The molecule has 0 aliphatic carbocycles. The minimum Gasteiger partial charge on any atom is -0.481 e. The maximum Gasteiger partial charge on any atom is 0.309 e. The number of pyridine rings is 1. The molecule has 1 heterocycles. The molecule has 0 aliphatic heterocycles. The Hall–Kier alpha value is -1.11. The molecule has 1 rings (SSSR count). The van der Waals surface area contributed by atoms with Crippen LogP contribution in [-0.4, -0.2) is 16.1 Å². The highest BCUT2D eigenvalue weighted by atomic mass is 79.9. The fraction of sp³-hybridized carbons (Fsp3) is 0.250. The average molecular weight is 284 g/mol. The molecule has 0 saturated carbocycles. The fourth-order valence-electron chi connectivity index (χ4n) is 0.974. The second kappa shape index (κ2) is 4.61. The van der Waals surface area contributed by atoms with Crippen molar-refractivity contribution >= 4 is 21.9 Å². The molecule has 0 aliphatic rings. The Balaban J connectivity index is 3.17. The third kappa shape index (κ3) is 2.92. The van der Waals surface area contributed by atoms with Gasteiger partial charge in [-0.3, -0.25) is 4.79 Å². The van der Waals surface area contributed by atoms with Gasteiger partial charge in [0.2, 0.25) is 0 Å². The summed E-state index contributed by atoms with van der Waals surface area (Å²) >= 11 is 2.64. The first-order chi connectivity index (χ1) is 6.91. The normalized spacial score (nSPS) is 10.7. The molecule has 0 spiro atoms. The Bertz CT molecular complexity index is 398. The second-order valence-corrected chi connectivity index (χ2v) is 3.43. The first-order valence-electron chi connectivity index (χ1n) is 3.76. The van der Waals surface area contributed by atoms with Gasteiger partial charge in [-0.2, -0.15) is 0 Å². The molecule has 15 heavy (non-hydrogen) atoms. The molecule has 0 aromatic carbocycles. The van der Waals surface area contributed by atoms with Crippen molar-refractivity contribution in [1.82, 2.24) is 4.98 Å². The Morgan fingerprint density at radius 2 is 2.20 bits per heavy atom. The summed E-state index contributed by atoms with van der Waals surface area (Å²) in [6.45, 7) is 0. The van der Waals surface area contributed by atoms with Crippen LogP contribution in [-0.2, 0) is 11.2 Å². The Kier molecular flexibility index (Phi) is 3.67. The molecule has 7 heteroatoms. The number of alkyl halides is 2. The van der Waals surface area contributed by atoms with Crippen molar-refractivity contribution in [3.63, 3.8) is 0 Å². The SMILES string of the molecule is O=C(O)Cc1cc(C(F)F)c(F)c(Br)n1. The van der Waals surface area contributed by atoms with Gasteiger partial charge in [-0.1, -0.05) is 0 Å². The summed E-state index contributed by atoms with van der Waals surface area (Å²) < 4.78 is 37.2. The number of aliphatic carboxylic acids is 1. The molecular formula is C8H5BrF3NO2. The van der Waals surface area contributed by atoms with Crippen molar-refractivity contribution in [1.29, 1.82) is 0 Å². The van der Waals surface area contributed by atoms with Gasteiger partial charge >= 0.3 is 5.97 Å². The van der Waals surface area contributed by atoms with Crippen LogP contribution in [0.4, 0.5) is 13.2 Å². The summed E-state index contributed by atoms with van der Waals surface area (Å²) in [4.78, 5) is 13.8. The van der Waals surface area contributed by atoms with Crippen LogP contribution in [0.1, 0.15) is 17.7 Å². The maximum absolute atomic E-state index is 13.0. The monoisotopic (exact) mass is 283 g/mol. The number of carboxylic acids is 1. The van der Waals surface area contributed by atoms with Gasteiger partial charge in [-0.15, -0.1) is 0 Å². The predicted molar refractivity (Wildman–Crippen MR) is 48.2 cm³/mol. The van der Waals surface area contributed by atoms with Gasteiger partial charge in [0.1, 0.15) is 4.60 Å². The van der Waals surface area contributed by atoms with Crippen LogP contribution in [0.2, 0.25) is 0 Å². The van der Waals surface area contributed by atoms with Crippen molar-refractivity contribution in [3.05, 3.63) is 27.7 Å². The average Bonchev–Trinajstić information content (AvgIpc) is 2.09. The van der Waals surface area contributed by atoms with Crippen molar-refractivity contribution in [2.45, 2.75) is 12.8 Å². The molecule has 0 radical (unpaired) electrons. The highest BCUT2D eigenvalue weighted by Crippen LogP contribution is 2.26. The van der Waals surface area contributed by atoms with E-state index in [1.54, 1.807) is 0 Å². The molecule has 1 aromatic rings. The number of aromatic nitrogens is 1. The first kappa shape index (κ1) is 12.0. The van der Waals surface area contributed by atoms with E-state index in [9.17, 15) is 18.0 Å².